The zero-order valence-electron chi connectivity index (χ0n) is 22.2. The van der Waals surface area contributed by atoms with E-state index in [0.29, 0.717) is 30.9 Å². The number of ether oxygens (including phenoxy) is 3. The van der Waals surface area contributed by atoms with Crippen molar-refractivity contribution in [1.82, 2.24) is 10.6 Å². The molecule has 3 aliphatic carbocycles. The number of sulfonamides is 1. The van der Waals surface area contributed by atoms with Crippen LogP contribution in [0.3, 0.4) is 0 Å². The van der Waals surface area contributed by atoms with Gasteiger partial charge in [0.2, 0.25) is 10.0 Å². The molecule has 10 nitrogen and oxygen atoms in total. The predicted molar refractivity (Wildman–Crippen MR) is 151 cm³/mol. The van der Waals surface area contributed by atoms with Gasteiger partial charge in [-0.25, -0.2) is 12.8 Å². The van der Waals surface area contributed by atoms with Crippen LogP contribution in [0.4, 0.5) is 10.1 Å². The van der Waals surface area contributed by atoms with Crippen LogP contribution in [0.15, 0.2) is 36.4 Å². The molecule has 2 aromatic carbocycles. The standard InChI is InChI=1S/C27H30Cl2FN3O7S/c1-2-38-7-8-41(36,37)33-14-24(40-23-6-3-17(28)9-22(23)33)26(35)32-27-11-16(12-27)21(13-27)31-25(34)15-39-18-4-5-19(29)20(30)10-18/h3-6,9-10,16,21,24H,2,7-8,11-15H2,1H3,(H,31,34)(H,32,35). The molecule has 2 unspecified atom stereocenters. The minimum atomic E-state index is -3.83. The van der Waals surface area contributed by atoms with E-state index in [1.54, 1.807) is 19.1 Å². The summed E-state index contributed by atoms with van der Waals surface area (Å²) in [7, 11) is -3.83. The Morgan fingerprint density at radius 1 is 1.17 bits per heavy atom. The highest BCUT2D eigenvalue weighted by molar-refractivity contribution is 7.92. The largest absolute Gasteiger partial charge is 0.484 e. The summed E-state index contributed by atoms with van der Waals surface area (Å²) < 4.78 is 57.7. The van der Waals surface area contributed by atoms with Crippen molar-refractivity contribution >= 4 is 50.7 Å². The lowest BCUT2D eigenvalue weighted by Gasteiger charge is -2.41. The van der Waals surface area contributed by atoms with Crippen LogP contribution in [0.25, 0.3) is 0 Å². The summed E-state index contributed by atoms with van der Waals surface area (Å²) in [4.78, 5) is 25.9. The second kappa shape index (κ2) is 11.8. The van der Waals surface area contributed by atoms with E-state index in [0.717, 1.165) is 10.4 Å². The number of rotatable bonds is 11. The second-order valence-electron chi connectivity index (χ2n) is 10.4. The van der Waals surface area contributed by atoms with Crippen molar-refractivity contribution in [1.29, 1.82) is 0 Å². The van der Waals surface area contributed by atoms with Gasteiger partial charge >= 0.3 is 0 Å². The molecule has 1 aliphatic heterocycles. The SMILES string of the molecule is CCOCCS(=O)(=O)N1CC(C(=O)NC23CC(C2)C(NC(=O)COc2ccc(Cl)c(F)c2)C3)Oc2ccc(Cl)cc21. The first-order valence-corrected chi connectivity index (χ1v) is 15.6. The van der Waals surface area contributed by atoms with Crippen LogP contribution in [0.5, 0.6) is 11.5 Å². The highest BCUT2D eigenvalue weighted by Gasteiger charge is 2.57. The number of hydrogen-bond donors (Lipinski definition) is 2. The molecule has 2 bridgehead atoms. The molecule has 222 valence electrons. The lowest BCUT2D eigenvalue weighted by Crippen LogP contribution is -2.58. The molecule has 2 aromatic rings. The average molecular weight is 631 g/mol. The van der Waals surface area contributed by atoms with Crippen LogP contribution in [0, 0.1) is 11.7 Å². The molecular weight excluding hydrogens is 600 g/mol. The number of carbonyl (C=O) groups excluding carboxylic acids is 2. The molecule has 0 radical (unpaired) electrons. The fourth-order valence-corrected chi connectivity index (χ4v) is 7.29. The minimum Gasteiger partial charge on any atom is -0.484 e. The van der Waals surface area contributed by atoms with E-state index in [1.807, 2.05) is 0 Å². The highest BCUT2D eigenvalue weighted by Crippen LogP contribution is 2.52. The van der Waals surface area contributed by atoms with E-state index in [-0.39, 0.29) is 65.6 Å². The summed E-state index contributed by atoms with van der Waals surface area (Å²) in [6.07, 6.45) is 0.769. The number of amides is 2. The lowest BCUT2D eigenvalue weighted by molar-refractivity contribution is -0.130. The van der Waals surface area contributed by atoms with E-state index in [1.165, 1.54) is 18.2 Å². The monoisotopic (exact) mass is 629 g/mol. The Morgan fingerprint density at radius 2 is 1.95 bits per heavy atom. The molecule has 3 fully saturated rings. The fraction of sp³-hybridized carbons (Fsp3) is 0.481. The molecule has 2 amide bonds. The van der Waals surface area contributed by atoms with Gasteiger partial charge < -0.3 is 24.8 Å². The third-order valence-corrected chi connectivity index (χ3v) is 9.83. The van der Waals surface area contributed by atoms with Crippen LogP contribution < -0.4 is 24.4 Å². The average Bonchev–Trinajstić information content (AvgIpc) is 3.42. The maximum absolute atomic E-state index is 13.6. The summed E-state index contributed by atoms with van der Waals surface area (Å²) in [6.45, 7) is 1.67. The number of carbonyl (C=O) groups is 2. The summed E-state index contributed by atoms with van der Waals surface area (Å²) in [5.41, 5.74) is -0.255. The Bertz CT molecular complexity index is 1440. The van der Waals surface area contributed by atoms with Gasteiger partial charge in [-0.05, 0) is 62.4 Å². The Labute approximate surface area is 247 Å². The number of hydrogen-bond acceptors (Lipinski definition) is 7. The summed E-state index contributed by atoms with van der Waals surface area (Å²) in [5.74, 6) is -1.09. The molecule has 2 atom stereocenters. The first kappa shape index (κ1) is 29.7. The lowest BCUT2D eigenvalue weighted by atomic mass is 9.76. The first-order valence-electron chi connectivity index (χ1n) is 13.2. The van der Waals surface area contributed by atoms with E-state index in [2.05, 4.69) is 10.6 Å². The maximum Gasteiger partial charge on any atom is 0.263 e. The molecule has 0 spiro atoms. The first-order chi connectivity index (χ1) is 19.5. The quantitative estimate of drug-likeness (QED) is 0.366. The number of halogens is 3. The molecule has 1 heterocycles. The second-order valence-corrected chi connectivity index (χ2v) is 13.3. The molecule has 14 heteroatoms. The molecule has 2 N–H and O–H groups in total. The Hall–Kier alpha value is -2.80. The minimum absolute atomic E-state index is 0.0161. The zero-order valence-corrected chi connectivity index (χ0v) is 24.5. The normalized spacial score (nSPS) is 24.6. The van der Waals surface area contributed by atoms with Crippen molar-refractivity contribution in [2.75, 3.05) is 36.4 Å². The number of nitrogens with one attached hydrogen (secondary N) is 2. The fourth-order valence-electron chi connectivity index (χ4n) is 5.65. The van der Waals surface area contributed by atoms with Gasteiger partial charge in [-0.1, -0.05) is 23.2 Å². The number of benzene rings is 2. The van der Waals surface area contributed by atoms with Crippen LogP contribution in [0.1, 0.15) is 26.2 Å². The summed E-state index contributed by atoms with van der Waals surface area (Å²) in [5, 5.41) is 6.29. The van der Waals surface area contributed by atoms with Crippen LogP contribution in [-0.2, 0) is 24.3 Å². The van der Waals surface area contributed by atoms with Crippen molar-refractivity contribution in [3.05, 3.63) is 52.3 Å². The van der Waals surface area contributed by atoms with Gasteiger partial charge in [0.1, 0.15) is 17.3 Å². The molecule has 4 aliphatic rings. The zero-order chi connectivity index (χ0) is 29.4. The Kier molecular flexibility index (Phi) is 8.56. The summed E-state index contributed by atoms with van der Waals surface area (Å²) >= 11 is 11.8. The molecule has 3 saturated carbocycles. The van der Waals surface area contributed by atoms with Crippen molar-refractivity contribution in [3.8, 4) is 11.5 Å². The van der Waals surface area contributed by atoms with Crippen molar-refractivity contribution in [2.45, 2.75) is 43.9 Å². The molecule has 6 rings (SSSR count). The Morgan fingerprint density at radius 3 is 2.68 bits per heavy atom. The van der Waals surface area contributed by atoms with Gasteiger partial charge in [0.05, 0.1) is 29.6 Å². The van der Waals surface area contributed by atoms with Crippen LogP contribution in [0.2, 0.25) is 10.0 Å². The van der Waals surface area contributed by atoms with E-state index in [9.17, 15) is 22.4 Å². The highest BCUT2D eigenvalue weighted by atomic mass is 35.5. The maximum atomic E-state index is 13.6. The summed E-state index contributed by atoms with van der Waals surface area (Å²) in [6, 6.07) is 8.37. The van der Waals surface area contributed by atoms with Gasteiger partial charge in [-0.15, -0.1) is 0 Å². The van der Waals surface area contributed by atoms with Crippen LogP contribution >= 0.6 is 23.2 Å². The van der Waals surface area contributed by atoms with Crippen molar-refractivity contribution < 1.29 is 36.6 Å². The van der Waals surface area contributed by atoms with Gasteiger partial charge in [-0.3, -0.25) is 13.9 Å². The van der Waals surface area contributed by atoms with Crippen LogP contribution in [-0.4, -0.2) is 70.0 Å². The van der Waals surface area contributed by atoms with Gasteiger partial charge in [0, 0.05) is 29.3 Å². The third-order valence-electron chi connectivity index (χ3n) is 7.59. The molecule has 0 aromatic heterocycles. The van der Waals surface area contributed by atoms with E-state index >= 15 is 0 Å². The van der Waals surface area contributed by atoms with Crippen molar-refractivity contribution in [2.24, 2.45) is 5.92 Å². The predicted octanol–water partition coefficient (Wildman–Crippen LogP) is 3.30. The van der Waals surface area contributed by atoms with Gasteiger partial charge in [0.25, 0.3) is 11.8 Å². The van der Waals surface area contributed by atoms with Crippen molar-refractivity contribution in [3.63, 3.8) is 0 Å². The molecule has 0 saturated heterocycles. The number of anilines is 1. The Balaban J connectivity index is 1.19. The number of nitrogens with zero attached hydrogens (tertiary/aromatic N) is 1. The van der Waals surface area contributed by atoms with Gasteiger partial charge in [0.15, 0.2) is 12.7 Å². The third kappa shape index (κ3) is 6.50. The van der Waals surface area contributed by atoms with E-state index < -0.39 is 33.4 Å². The van der Waals surface area contributed by atoms with Gasteiger partial charge in [-0.2, -0.15) is 0 Å². The smallest absolute Gasteiger partial charge is 0.263 e. The topological polar surface area (TPSA) is 123 Å². The van der Waals surface area contributed by atoms with E-state index in [4.69, 9.17) is 37.4 Å². The molecule has 41 heavy (non-hydrogen) atoms. The number of fused-ring (bicyclic) bond motifs is 2. The molecular formula is C27H30Cl2FN3O7S.